The normalized spacial score (nSPS) is 16.2. The maximum atomic E-state index is 12.8. The third kappa shape index (κ3) is 4.40. The summed E-state index contributed by atoms with van der Waals surface area (Å²) < 4.78 is 10.8. The Hall–Kier alpha value is -2.70. The summed E-state index contributed by atoms with van der Waals surface area (Å²) in [5.41, 5.74) is 3.72. The number of morpholine rings is 1. The van der Waals surface area contributed by atoms with Crippen molar-refractivity contribution in [3.63, 3.8) is 0 Å². The Morgan fingerprint density at radius 2 is 1.89 bits per heavy atom. The average molecular weight is 380 g/mol. The van der Waals surface area contributed by atoms with Gasteiger partial charge in [-0.05, 0) is 24.6 Å². The first kappa shape index (κ1) is 18.7. The number of amides is 1. The maximum absolute atomic E-state index is 12.8. The van der Waals surface area contributed by atoms with Gasteiger partial charge in [0.15, 0.2) is 5.58 Å². The number of aromatic nitrogens is 1. The van der Waals surface area contributed by atoms with Crippen LogP contribution in [0.4, 0.5) is 0 Å². The SMILES string of the molecule is Cc1ccc([C@H](C[NH+]2CCOCC2)NC(=O)Cc2noc3ccccc23)cc1. The van der Waals surface area contributed by atoms with E-state index < -0.39 is 0 Å². The summed E-state index contributed by atoms with van der Waals surface area (Å²) in [5, 5.41) is 8.20. The Bertz CT molecular complexity index is 930. The standard InChI is InChI=1S/C22H25N3O3/c1-16-6-8-17(9-7-16)20(15-25-10-12-27-13-11-25)23-22(26)14-19-18-4-2-3-5-21(18)28-24-19/h2-9,20H,10-15H2,1H3,(H,23,26)/p+1/t20-/m0/s1. The number of fused-ring (bicyclic) bond motifs is 1. The second kappa shape index (κ2) is 8.54. The predicted molar refractivity (Wildman–Crippen MR) is 106 cm³/mol. The third-order valence-electron chi connectivity index (χ3n) is 5.29. The molecule has 6 nitrogen and oxygen atoms in total. The van der Waals surface area contributed by atoms with Crippen LogP contribution in [0.5, 0.6) is 0 Å². The Morgan fingerprint density at radius 1 is 1.14 bits per heavy atom. The third-order valence-corrected chi connectivity index (χ3v) is 5.29. The molecule has 2 aromatic carbocycles. The molecule has 0 unspecified atom stereocenters. The Kier molecular flexibility index (Phi) is 5.69. The second-order valence-electron chi connectivity index (χ2n) is 7.40. The largest absolute Gasteiger partial charge is 0.370 e. The van der Waals surface area contributed by atoms with E-state index in [0.717, 1.165) is 43.8 Å². The van der Waals surface area contributed by atoms with E-state index in [1.807, 2.05) is 24.3 Å². The van der Waals surface area contributed by atoms with Crippen LogP contribution in [0.25, 0.3) is 11.0 Å². The zero-order valence-electron chi connectivity index (χ0n) is 16.1. The van der Waals surface area contributed by atoms with E-state index in [0.29, 0.717) is 11.3 Å². The molecule has 1 aliphatic heterocycles. The van der Waals surface area contributed by atoms with Gasteiger partial charge in [-0.3, -0.25) is 4.79 Å². The molecule has 3 aromatic rings. The minimum absolute atomic E-state index is 0.0423. The summed E-state index contributed by atoms with van der Waals surface area (Å²) >= 11 is 0. The number of benzene rings is 2. The van der Waals surface area contributed by atoms with Crippen LogP contribution in [-0.4, -0.2) is 43.9 Å². The molecule has 1 fully saturated rings. The number of ether oxygens (including phenoxy) is 1. The number of hydrogen-bond donors (Lipinski definition) is 2. The second-order valence-corrected chi connectivity index (χ2v) is 7.40. The molecule has 2 heterocycles. The van der Waals surface area contributed by atoms with Gasteiger partial charge in [0, 0.05) is 5.39 Å². The topological polar surface area (TPSA) is 68.8 Å². The van der Waals surface area contributed by atoms with E-state index in [1.54, 1.807) is 0 Å². The fourth-order valence-electron chi connectivity index (χ4n) is 3.67. The van der Waals surface area contributed by atoms with Crippen molar-refractivity contribution in [1.82, 2.24) is 10.5 Å². The smallest absolute Gasteiger partial charge is 0.226 e. The number of quaternary nitrogens is 1. The molecule has 146 valence electrons. The van der Waals surface area contributed by atoms with E-state index >= 15 is 0 Å². The molecule has 1 atom stereocenters. The lowest BCUT2D eigenvalue weighted by atomic mass is 10.0. The van der Waals surface area contributed by atoms with Crippen LogP contribution < -0.4 is 10.2 Å². The Labute approximate surface area is 164 Å². The van der Waals surface area contributed by atoms with Gasteiger partial charge in [-0.2, -0.15) is 0 Å². The van der Waals surface area contributed by atoms with Gasteiger partial charge in [0.1, 0.15) is 31.4 Å². The lowest BCUT2D eigenvalue weighted by molar-refractivity contribution is -0.909. The van der Waals surface area contributed by atoms with Crippen molar-refractivity contribution in [3.8, 4) is 0 Å². The number of carbonyl (C=O) groups excluding carboxylic acids is 1. The number of nitrogens with one attached hydrogen (secondary N) is 2. The highest BCUT2D eigenvalue weighted by atomic mass is 16.5. The van der Waals surface area contributed by atoms with Crippen molar-refractivity contribution in [1.29, 1.82) is 0 Å². The van der Waals surface area contributed by atoms with Gasteiger partial charge in [-0.1, -0.05) is 47.1 Å². The molecule has 28 heavy (non-hydrogen) atoms. The van der Waals surface area contributed by atoms with Crippen molar-refractivity contribution >= 4 is 16.9 Å². The van der Waals surface area contributed by atoms with Crippen LogP contribution >= 0.6 is 0 Å². The minimum atomic E-state index is -0.0442. The molecule has 1 amide bonds. The van der Waals surface area contributed by atoms with Crippen molar-refractivity contribution in [2.75, 3.05) is 32.8 Å². The van der Waals surface area contributed by atoms with E-state index in [2.05, 4.69) is 41.7 Å². The quantitative estimate of drug-likeness (QED) is 0.679. The predicted octanol–water partition coefficient (Wildman–Crippen LogP) is 1.45. The maximum Gasteiger partial charge on any atom is 0.226 e. The van der Waals surface area contributed by atoms with Gasteiger partial charge in [-0.25, -0.2) is 0 Å². The fourth-order valence-corrected chi connectivity index (χ4v) is 3.67. The van der Waals surface area contributed by atoms with Gasteiger partial charge in [0.2, 0.25) is 5.91 Å². The van der Waals surface area contributed by atoms with Crippen LogP contribution in [-0.2, 0) is 16.0 Å². The molecule has 0 saturated carbocycles. The van der Waals surface area contributed by atoms with Crippen LogP contribution in [0.2, 0.25) is 0 Å². The first-order valence-corrected chi connectivity index (χ1v) is 9.79. The van der Waals surface area contributed by atoms with E-state index in [1.165, 1.54) is 10.5 Å². The van der Waals surface area contributed by atoms with Crippen molar-refractivity contribution in [2.24, 2.45) is 0 Å². The van der Waals surface area contributed by atoms with Gasteiger partial charge in [-0.15, -0.1) is 0 Å². The van der Waals surface area contributed by atoms with Gasteiger partial charge in [0.25, 0.3) is 0 Å². The highest BCUT2D eigenvalue weighted by Gasteiger charge is 2.23. The number of aryl methyl sites for hydroxylation is 1. The summed E-state index contributed by atoms with van der Waals surface area (Å²) in [4.78, 5) is 14.3. The molecule has 2 N–H and O–H groups in total. The molecule has 6 heteroatoms. The van der Waals surface area contributed by atoms with Crippen LogP contribution in [0.1, 0.15) is 22.9 Å². The van der Waals surface area contributed by atoms with E-state index in [4.69, 9.17) is 9.26 Å². The van der Waals surface area contributed by atoms with Crippen LogP contribution in [0.3, 0.4) is 0 Å². The Balaban J connectivity index is 1.49. The summed E-state index contributed by atoms with van der Waals surface area (Å²) in [6.07, 6.45) is 0.206. The lowest BCUT2D eigenvalue weighted by Gasteiger charge is -2.28. The summed E-state index contributed by atoms with van der Waals surface area (Å²) in [5.74, 6) is -0.0442. The van der Waals surface area contributed by atoms with Crippen LogP contribution in [0, 0.1) is 6.92 Å². The van der Waals surface area contributed by atoms with Crippen LogP contribution in [0.15, 0.2) is 53.1 Å². The minimum Gasteiger partial charge on any atom is -0.370 e. The highest BCUT2D eigenvalue weighted by Crippen LogP contribution is 2.19. The van der Waals surface area contributed by atoms with Crippen molar-refractivity contribution in [2.45, 2.75) is 19.4 Å². The first-order chi connectivity index (χ1) is 13.7. The molecular weight excluding hydrogens is 354 g/mol. The van der Waals surface area contributed by atoms with E-state index in [9.17, 15) is 4.79 Å². The zero-order chi connectivity index (χ0) is 19.3. The molecular formula is C22H26N3O3+. The molecule has 1 saturated heterocycles. The van der Waals surface area contributed by atoms with Gasteiger partial charge in [0.05, 0.1) is 19.6 Å². The number of hydrogen-bond acceptors (Lipinski definition) is 4. The summed E-state index contributed by atoms with van der Waals surface area (Å²) in [6, 6.07) is 16.0. The number of carbonyl (C=O) groups is 1. The summed E-state index contributed by atoms with van der Waals surface area (Å²) in [6.45, 7) is 6.39. The number of para-hydroxylation sites is 1. The fraction of sp³-hybridized carbons (Fsp3) is 0.364. The molecule has 0 bridgehead atoms. The number of rotatable bonds is 6. The van der Waals surface area contributed by atoms with Crippen molar-refractivity contribution in [3.05, 3.63) is 65.4 Å². The molecule has 0 spiro atoms. The Morgan fingerprint density at radius 3 is 2.68 bits per heavy atom. The van der Waals surface area contributed by atoms with Gasteiger partial charge < -0.3 is 19.5 Å². The van der Waals surface area contributed by atoms with Crippen molar-refractivity contribution < 1.29 is 19.0 Å². The van der Waals surface area contributed by atoms with Gasteiger partial charge >= 0.3 is 0 Å². The molecule has 4 rings (SSSR count). The molecule has 0 radical (unpaired) electrons. The zero-order valence-corrected chi connectivity index (χ0v) is 16.1. The highest BCUT2D eigenvalue weighted by molar-refractivity contribution is 5.86. The monoisotopic (exact) mass is 380 g/mol. The molecule has 1 aromatic heterocycles. The van der Waals surface area contributed by atoms with E-state index in [-0.39, 0.29) is 18.4 Å². The summed E-state index contributed by atoms with van der Waals surface area (Å²) in [7, 11) is 0. The molecule has 0 aliphatic carbocycles. The lowest BCUT2D eigenvalue weighted by Crippen LogP contribution is -3.14. The first-order valence-electron chi connectivity index (χ1n) is 9.79. The average Bonchev–Trinajstić information content (AvgIpc) is 3.12. The number of nitrogens with zero attached hydrogens (tertiary/aromatic N) is 1. The molecule has 1 aliphatic rings.